The third-order valence-electron chi connectivity index (χ3n) is 7.69. The lowest BCUT2D eigenvalue weighted by Gasteiger charge is -2.40. The number of nitrogens with zero attached hydrogens (tertiary/aromatic N) is 3. The molecule has 0 unspecified atom stereocenters. The molecule has 3 aromatic rings. The van der Waals surface area contributed by atoms with Crippen molar-refractivity contribution in [3.05, 3.63) is 62.4 Å². The van der Waals surface area contributed by atoms with Gasteiger partial charge in [0.25, 0.3) is 0 Å². The molecular formula is C27H32Cl2F3N3O. The van der Waals surface area contributed by atoms with Gasteiger partial charge in [0.15, 0.2) is 0 Å². The van der Waals surface area contributed by atoms with E-state index in [1.165, 1.54) is 0 Å². The van der Waals surface area contributed by atoms with Gasteiger partial charge in [-0.2, -0.15) is 13.2 Å². The van der Waals surface area contributed by atoms with Gasteiger partial charge < -0.3 is 9.67 Å². The summed E-state index contributed by atoms with van der Waals surface area (Å²) in [5.41, 5.74) is 2.35. The van der Waals surface area contributed by atoms with E-state index < -0.39 is 11.7 Å². The zero-order valence-electron chi connectivity index (χ0n) is 21.0. The van der Waals surface area contributed by atoms with Crippen molar-refractivity contribution < 1.29 is 18.3 Å². The molecule has 0 spiro atoms. The molecule has 4 rings (SSSR count). The topological polar surface area (TPSA) is 41.3 Å². The summed E-state index contributed by atoms with van der Waals surface area (Å²) in [6.07, 6.45) is -2.08. The predicted octanol–water partition coefficient (Wildman–Crippen LogP) is 7.03. The summed E-state index contributed by atoms with van der Waals surface area (Å²) < 4.78 is 41.7. The average molecular weight is 542 g/mol. The van der Waals surface area contributed by atoms with Crippen LogP contribution in [0, 0.1) is 18.3 Å². The minimum Gasteiger partial charge on any atom is -0.396 e. The van der Waals surface area contributed by atoms with Gasteiger partial charge in [-0.05, 0) is 79.1 Å². The number of hydrogen-bond donors (Lipinski definition) is 1. The number of aliphatic hydroxyl groups is 1. The minimum atomic E-state index is -4.42. The van der Waals surface area contributed by atoms with Crippen LogP contribution < -0.4 is 0 Å². The second kappa shape index (κ2) is 10.2. The molecule has 1 N–H and O–H groups in total. The standard InChI is InChI=1S/C27H32Cl2F3N3O/c1-16-11-19(27(30,31)32)12-22-25(16)33-23(34(22)4)13-20-21(28)6-5-17(24(20)29)14-35-9-7-18(8-10-35)26(2,3)15-36/h5-6,11-12,18,36H,7-10,13-15H2,1-4H3. The molecule has 0 radical (unpaired) electrons. The van der Waals surface area contributed by atoms with E-state index in [-0.39, 0.29) is 12.0 Å². The molecule has 36 heavy (non-hydrogen) atoms. The van der Waals surface area contributed by atoms with E-state index in [0.29, 0.717) is 51.4 Å². The molecule has 1 fully saturated rings. The van der Waals surface area contributed by atoms with Crippen LogP contribution in [0.4, 0.5) is 13.2 Å². The summed E-state index contributed by atoms with van der Waals surface area (Å²) in [7, 11) is 1.72. The first kappa shape index (κ1) is 27.2. The Balaban J connectivity index is 1.57. The Kier molecular flexibility index (Phi) is 7.69. The van der Waals surface area contributed by atoms with Crippen molar-refractivity contribution in [3.8, 4) is 0 Å². The van der Waals surface area contributed by atoms with Crippen LogP contribution in [0.5, 0.6) is 0 Å². The van der Waals surface area contributed by atoms with E-state index in [4.69, 9.17) is 23.2 Å². The van der Waals surface area contributed by atoms with Crippen molar-refractivity contribution in [2.24, 2.45) is 18.4 Å². The number of likely N-dealkylation sites (tertiary alicyclic amines) is 1. The maximum atomic E-state index is 13.3. The molecule has 0 atom stereocenters. The van der Waals surface area contributed by atoms with Gasteiger partial charge in [-0.25, -0.2) is 4.98 Å². The summed E-state index contributed by atoms with van der Waals surface area (Å²) in [6.45, 7) is 8.58. The molecule has 1 aliphatic rings. The quantitative estimate of drug-likeness (QED) is 0.364. The lowest BCUT2D eigenvalue weighted by molar-refractivity contribution is -0.137. The lowest BCUT2D eigenvalue weighted by Crippen LogP contribution is -2.39. The molecule has 4 nitrogen and oxygen atoms in total. The third-order valence-corrected chi connectivity index (χ3v) is 8.52. The number of rotatable bonds is 6. The maximum Gasteiger partial charge on any atom is 0.416 e. The molecule has 1 aliphatic heterocycles. The van der Waals surface area contributed by atoms with Crippen LogP contribution in [0.3, 0.4) is 0 Å². The highest BCUT2D eigenvalue weighted by molar-refractivity contribution is 6.36. The summed E-state index contributed by atoms with van der Waals surface area (Å²) >= 11 is 13.4. The van der Waals surface area contributed by atoms with Crippen molar-refractivity contribution in [2.45, 2.75) is 52.8 Å². The van der Waals surface area contributed by atoms with Crippen molar-refractivity contribution in [3.63, 3.8) is 0 Å². The second-order valence-corrected chi connectivity index (χ2v) is 11.4. The molecular weight excluding hydrogens is 510 g/mol. The lowest BCUT2D eigenvalue weighted by atomic mass is 9.74. The maximum absolute atomic E-state index is 13.3. The highest BCUT2D eigenvalue weighted by Crippen LogP contribution is 2.37. The summed E-state index contributed by atoms with van der Waals surface area (Å²) in [5.74, 6) is 1.08. The van der Waals surface area contributed by atoms with Gasteiger partial charge in [0.05, 0.1) is 21.6 Å². The SMILES string of the molecule is Cc1cc(C(F)(F)F)cc2c1nc(Cc1c(Cl)ccc(CN3CCC(C(C)(C)CO)CC3)c1Cl)n2C. The van der Waals surface area contributed by atoms with Crippen LogP contribution in [0.15, 0.2) is 24.3 Å². The van der Waals surface area contributed by atoms with Gasteiger partial charge in [-0.1, -0.05) is 43.1 Å². The van der Waals surface area contributed by atoms with Crippen LogP contribution in [-0.2, 0) is 26.2 Å². The highest BCUT2D eigenvalue weighted by Gasteiger charge is 2.33. The van der Waals surface area contributed by atoms with Crippen LogP contribution in [0.25, 0.3) is 11.0 Å². The molecule has 2 aromatic carbocycles. The van der Waals surface area contributed by atoms with Gasteiger partial charge in [0.2, 0.25) is 0 Å². The molecule has 196 valence electrons. The monoisotopic (exact) mass is 541 g/mol. The number of hydrogen-bond acceptors (Lipinski definition) is 3. The molecule has 9 heteroatoms. The van der Waals surface area contributed by atoms with E-state index in [1.807, 2.05) is 12.1 Å². The molecule has 0 aliphatic carbocycles. The normalized spacial score (nSPS) is 16.3. The zero-order chi connectivity index (χ0) is 26.4. The minimum absolute atomic E-state index is 0.0813. The fourth-order valence-corrected chi connectivity index (χ4v) is 5.72. The van der Waals surface area contributed by atoms with Crippen LogP contribution in [-0.4, -0.2) is 39.3 Å². The number of aryl methyl sites for hydroxylation is 2. The third kappa shape index (κ3) is 5.40. The Morgan fingerprint density at radius 2 is 1.78 bits per heavy atom. The van der Waals surface area contributed by atoms with E-state index >= 15 is 0 Å². The first-order chi connectivity index (χ1) is 16.8. The number of aliphatic hydroxyl groups excluding tert-OH is 1. The van der Waals surface area contributed by atoms with Crippen LogP contribution in [0.2, 0.25) is 10.0 Å². The molecule has 2 heterocycles. The highest BCUT2D eigenvalue weighted by atomic mass is 35.5. The number of alkyl halides is 3. The number of aromatic nitrogens is 2. The number of piperidine rings is 1. The number of halogens is 5. The smallest absolute Gasteiger partial charge is 0.396 e. The van der Waals surface area contributed by atoms with E-state index in [9.17, 15) is 18.3 Å². The molecule has 0 saturated carbocycles. The largest absolute Gasteiger partial charge is 0.416 e. The Morgan fingerprint density at radius 3 is 2.39 bits per heavy atom. The van der Waals surface area contributed by atoms with Gasteiger partial charge in [0.1, 0.15) is 5.82 Å². The van der Waals surface area contributed by atoms with Gasteiger partial charge >= 0.3 is 6.18 Å². The van der Waals surface area contributed by atoms with Crippen molar-refractivity contribution in [2.75, 3.05) is 19.7 Å². The molecule has 1 aromatic heterocycles. The molecule has 1 saturated heterocycles. The van der Waals surface area contributed by atoms with Crippen molar-refractivity contribution in [1.29, 1.82) is 0 Å². The number of imidazole rings is 1. The summed E-state index contributed by atoms with van der Waals surface area (Å²) in [6, 6.07) is 6.03. The van der Waals surface area contributed by atoms with E-state index in [0.717, 1.165) is 49.2 Å². The first-order valence-corrected chi connectivity index (χ1v) is 12.9. The number of fused-ring (bicyclic) bond motifs is 1. The van der Waals surface area contributed by atoms with Crippen LogP contribution >= 0.6 is 23.2 Å². The van der Waals surface area contributed by atoms with Gasteiger partial charge in [-0.15, -0.1) is 0 Å². The average Bonchev–Trinajstić information content (AvgIpc) is 3.14. The molecule has 0 bridgehead atoms. The number of benzene rings is 2. The van der Waals surface area contributed by atoms with Crippen molar-refractivity contribution >= 4 is 34.2 Å². The Labute approximate surface area is 220 Å². The Morgan fingerprint density at radius 1 is 1.11 bits per heavy atom. The van der Waals surface area contributed by atoms with Gasteiger partial charge in [0, 0.05) is 31.6 Å². The Hall–Kier alpha value is -1.80. The predicted molar refractivity (Wildman–Crippen MR) is 139 cm³/mol. The fourth-order valence-electron chi connectivity index (χ4n) is 5.16. The zero-order valence-corrected chi connectivity index (χ0v) is 22.5. The van der Waals surface area contributed by atoms with E-state index in [1.54, 1.807) is 18.5 Å². The van der Waals surface area contributed by atoms with E-state index in [2.05, 4.69) is 23.7 Å². The second-order valence-electron chi connectivity index (χ2n) is 10.6. The van der Waals surface area contributed by atoms with Crippen molar-refractivity contribution in [1.82, 2.24) is 14.5 Å². The fraction of sp³-hybridized carbons (Fsp3) is 0.519. The molecule has 0 amide bonds. The first-order valence-electron chi connectivity index (χ1n) is 12.1. The van der Waals surface area contributed by atoms with Crippen LogP contribution in [0.1, 0.15) is 54.8 Å². The summed E-state index contributed by atoms with van der Waals surface area (Å²) in [4.78, 5) is 7.01. The summed E-state index contributed by atoms with van der Waals surface area (Å²) in [5, 5.41) is 10.8. The van der Waals surface area contributed by atoms with Gasteiger partial charge in [-0.3, -0.25) is 4.90 Å². The Bertz CT molecular complexity index is 1260.